The van der Waals surface area contributed by atoms with E-state index in [1.54, 1.807) is 0 Å². The Labute approximate surface area is 76.2 Å². The second-order valence-electron chi connectivity index (χ2n) is 4.74. The first kappa shape index (κ1) is 10.0. The summed E-state index contributed by atoms with van der Waals surface area (Å²) >= 11 is 0. The highest BCUT2D eigenvalue weighted by atomic mass is 16.3. The Hall–Kier alpha value is -0.0400. The third-order valence-electron chi connectivity index (χ3n) is 3.30. The minimum Gasteiger partial charge on any atom is -0.393 e. The van der Waals surface area contributed by atoms with Crippen LogP contribution in [0.3, 0.4) is 0 Å². The Morgan fingerprint density at radius 1 is 1.08 bits per heavy atom. The molecule has 1 heteroatoms. The van der Waals surface area contributed by atoms with Gasteiger partial charge in [-0.1, -0.05) is 27.2 Å². The molecule has 1 rings (SSSR count). The predicted molar refractivity (Wildman–Crippen MR) is 52.0 cm³/mol. The van der Waals surface area contributed by atoms with Crippen molar-refractivity contribution in [3.63, 3.8) is 0 Å². The Kier molecular flexibility index (Phi) is 3.57. The summed E-state index contributed by atoms with van der Waals surface area (Å²) in [6.07, 6.45) is 4.73. The van der Waals surface area contributed by atoms with E-state index in [0.717, 1.165) is 12.3 Å². The second-order valence-corrected chi connectivity index (χ2v) is 4.74. The summed E-state index contributed by atoms with van der Waals surface area (Å²) in [5.41, 5.74) is 0. The number of hydrogen-bond donors (Lipinski definition) is 1. The van der Waals surface area contributed by atoms with Gasteiger partial charge >= 0.3 is 0 Å². The Morgan fingerprint density at radius 2 is 1.67 bits per heavy atom. The van der Waals surface area contributed by atoms with Crippen LogP contribution in [0.15, 0.2) is 0 Å². The molecule has 0 amide bonds. The summed E-state index contributed by atoms with van der Waals surface area (Å²) in [4.78, 5) is 0. The van der Waals surface area contributed by atoms with E-state index in [1.165, 1.54) is 19.3 Å². The van der Waals surface area contributed by atoms with Crippen molar-refractivity contribution < 1.29 is 5.11 Å². The third-order valence-corrected chi connectivity index (χ3v) is 3.30. The van der Waals surface area contributed by atoms with Gasteiger partial charge in [0.25, 0.3) is 0 Å². The summed E-state index contributed by atoms with van der Waals surface area (Å²) in [5.74, 6) is 2.02. The average molecular weight is 170 g/mol. The van der Waals surface area contributed by atoms with Crippen molar-refractivity contribution in [3.8, 4) is 0 Å². The molecule has 1 fully saturated rings. The molecule has 0 heterocycles. The molecule has 72 valence electrons. The highest BCUT2D eigenvalue weighted by Crippen LogP contribution is 2.31. The normalized spacial score (nSPS) is 38.2. The van der Waals surface area contributed by atoms with Crippen LogP contribution in [0.1, 0.15) is 46.5 Å². The minimum atomic E-state index is -0.0325. The van der Waals surface area contributed by atoms with Crippen molar-refractivity contribution in [3.05, 3.63) is 0 Å². The van der Waals surface area contributed by atoms with Crippen molar-refractivity contribution in [1.82, 2.24) is 0 Å². The average Bonchev–Trinajstić information content (AvgIpc) is 2.14. The first-order valence-corrected chi connectivity index (χ1v) is 5.29. The molecule has 0 aromatic carbocycles. The topological polar surface area (TPSA) is 20.2 Å². The van der Waals surface area contributed by atoms with Gasteiger partial charge < -0.3 is 5.11 Å². The molecule has 1 aliphatic rings. The van der Waals surface area contributed by atoms with Gasteiger partial charge in [0, 0.05) is 0 Å². The Balaban J connectivity index is 2.50. The summed E-state index contributed by atoms with van der Waals surface area (Å²) in [6, 6.07) is 0. The first-order valence-electron chi connectivity index (χ1n) is 5.29. The van der Waals surface area contributed by atoms with E-state index < -0.39 is 0 Å². The van der Waals surface area contributed by atoms with Gasteiger partial charge in [0.05, 0.1) is 6.10 Å². The van der Waals surface area contributed by atoms with Crippen LogP contribution in [0, 0.1) is 17.8 Å². The maximum absolute atomic E-state index is 9.84. The molecular formula is C11H22O. The van der Waals surface area contributed by atoms with Crippen molar-refractivity contribution in [2.75, 3.05) is 0 Å². The molecule has 0 saturated heterocycles. The molecule has 1 N–H and O–H groups in total. The number of aliphatic hydroxyl groups excluding tert-OH is 1. The molecule has 1 saturated carbocycles. The van der Waals surface area contributed by atoms with E-state index in [0.29, 0.717) is 11.8 Å². The van der Waals surface area contributed by atoms with Crippen molar-refractivity contribution in [2.24, 2.45) is 17.8 Å². The van der Waals surface area contributed by atoms with Crippen molar-refractivity contribution in [2.45, 2.75) is 52.6 Å². The molecular weight excluding hydrogens is 148 g/mol. The van der Waals surface area contributed by atoms with E-state index in [9.17, 15) is 5.11 Å². The van der Waals surface area contributed by atoms with E-state index in [-0.39, 0.29) is 6.10 Å². The number of rotatable bonds is 1. The standard InChI is InChI=1S/C11H22O/c1-8(2)10-6-4-9(3)5-7-11(10)12/h8-12H,4-7H2,1-3H3/t9-,10-,11-/m1/s1. The van der Waals surface area contributed by atoms with Gasteiger partial charge in [-0.15, -0.1) is 0 Å². The van der Waals surface area contributed by atoms with Crippen LogP contribution in [0.4, 0.5) is 0 Å². The van der Waals surface area contributed by atoms with Crippen LogP contribution in [-0.4, -0.2) is 11.2 Å². The fourth-order valence-electron chi connectivity index (χ4n) is 2.26. The molecule has 0 aromatic rings. The van der Waals surface area contributed by atoms with Gasteiger partial charge in [0.1, 0.15) is 0 Å². The fourth-order valence-corrected chi connectivity index (χ4v) is 2.26. The third kappa shape index (κ3) is 2.48. The lowest BCUT2D eigenvalue weighted by Crippen LogP contribution is -2.23. The lowest BCUT2D eigenvalue weighted by Gasteiger charge is -2.23. The lowest BCUT2D eigenvalue weighted by atomic mass is 9.86. The van der Waals surface area contributed by atoms with Gasteiger partial charge in [-0.25, -0.2) is 0 Å². The maximum Gasteiger partial charge on any atom is 0.0570 e. The van der Waals surface area contributed by atoms with Gasteiger partial charge in [0.15, 0.2) is 0 Å². The molecule has 0 aliphatic heterocycles. The fraction of sp³-hybridized carbons (Fsp3) is 1.00. The molecule has 0 aromatic heterocycles. The van der Waals surface area contributed by atoms with Crippen LogP contribution >= 0.6 is 0 Å². The zero-order valence-corrected chi connectivity index (χ0v) is 8.59. The van der Waals surface area contributed by atoms with Gasteiger partial charge in [-0.05, 0) is 37.0 Å². The van der Waals surface area contributed by atoms with E-state index >= 15 is 0 Å². The maximum atomic E-state index is 9.84. The van der Waals surface area contributed by atoms with Crippen molar-refractivity contribution in [1.29, 1.82) is 0 Å². The van der Waals surface area contributed by atoms with E-state index in [2.05, 4.69) is 20.8 Å². The molecule has 1 aliphatic carbocycles. The molecule has 12 heavy (non-hydrogen) atoms. The minimum absolute atomic E-state index is 0.0325. The van der Waals surface area contributed by atoms with Crippen molar-refractivity contribution >= 4 is 0 Å². The largest absolute Gasteiger partial charge is 0.393 e. The highest BCUT2D eigenvalue weighted by Gasteiger charge is 2.26. The van der Waals surface area contributed by atoms with E-state index in [1.807, 2.05) is 0 Å². The lowest BCUT2D eigenvalue weighted by molar-refractivity contribution is 0.0753. The van der Waals surface area contributed by atoms with Crippen LogP contribution < -0.4 is 0 Å². The Morgan fingerprint density at radius 3 is 2.25 bits per heavy atom. The summed E-state index contributed by atoms with van der Waals surface area (Å²) in [6.45, 7) is 6.75. The zero-order chi connectivity index (χ0) is 9.14. The molecule has 0 bridgehead atoms. The first-order chi connectivity index (χ1) is 5.61. The van der Waals surface area contributed by atoms with Crippen LogP contribution in [-0.2, 0) is 0 Å². The summed E-state index contributed by atoms with van der Waals surface area (Å²) < 4.78 is 0. The van der Waals surface area contributed by atoms with Gasteiger partial charge in [-0.3, -0.25) is 0 Å². The molecule has 1 nitrogen and oxygen atoms in total. The molecule has 3 atom stereocenters. The molecule has 0 spiro atoms. The van der Waals surface area contributed by atoms with E-state index in [4.69, 9.17) is 0 Å². The monoisotopic (exact) mass is 170 g/mol. The van der Waals surface area contributed by atoms with Gasteiger partial charge in [-0.2, -0.15) is 0 Å². The summed E-state index contributed by atoms with van der Waals surface area (Å²) in [7, 11) is 0. The van der Waals surface area contributed by atoms with Crippen LogP contribution in [0.5, 0.6) is 0 Å². The van der Waals surface area contributed by atoms with Crippen LogP contribution in [0.2, 0.25) is 0 Å². The second kappa shape index (κ2) is 4.27. The van der Waals surface area contributed by atoms with Gasteiger partial charge in [0.2, 0.25) is 0 Å². The Bertz CT molecular complexity index is 131. The quantitative estimate of drug-likeness (QED) is 0.600. The SMILES string of the molecule is CC(C)[C@H]1CC[C@@H](C)CC[C@H]1O. The molecule has 0 unspecified atom stereocenters. The summed E-state index contributed by atoms with van der Waals surface area (Å²) in [5, 5.41) is 9.84. The number of aliphatic hydroxyl groups is 1. The van der Waals surface area contributed by atoms with Crippen LogP contribution in [0.25, 0.3) is 0 Å². The predicted octanol–water partition coefficient (Wildman–Crippen LogP) is 2.83. The number of hydrogen-bond acceptors (Lipinski definition) is 1. The zero-order valence-electron chi connectivity index (χ0n) is 8.59. The highest BCUT2D eigenvalue weighted by molar-refractivity contribution is 4.77. The smallest absolute Gasteiger partial charge is 0.0570 e. The molecule has 0 radical (unpaired) electrons.